The zero-order chi connectivity index (χ0) is 20.6. The molecule has 8 nitrogen and oxygen atoms in total. The average Bonchev–Trinajstić information content (AvgIpc) is 3.45. The molecule has 0 amide bonds. The molecule has 1 saturated carbocycles. The minimum Gasteiger partial charge on any atom is -0.486 e. The number of rotatable bonds is 8. The van der Waals surface area contributed by atoms with Gasteiger partial charge in [-0.1, -0.05) is 25.8 Å². The molecule has 0 spiro atoms. The van der Waals surface area contributed by atoms with E-state index in [2.05, 4.69) is 44.5 Å². The summed E-state index contributed by atoms with van der Waals surface area (Å²) in [5.74, 6) is 3.58. The van der Waals surface area contributed by atoms with Crippen molar-refractivity contribution in [2.45, 2.75) is 58.0 Å². The number of guanidine groups is 1. The van der Waals surface area contributed by atoms with Gasteiger partial charge >= 0.3 is 0 Å². The smallest absolute Gasteiger partial charge is 0.191 e. The molecule has 1 aliphatic heterocycles. The summed E-state index contributed by atoms with van der Waals surface area (Å²) in [4.78, 5) is 4.84. The van der Waals surface area contributed by atoms with Crippen LogP contribution in [0.4, 0.5) is 0 Å². The normalized spacial score (nSPS) is 16.6. The molecule has 1 aromatic carbocycles. The van der Waals surface area contributed by atoms with Gasteiger partial charge < -0.3 is 24.7 Å². The van der Waals surface area contributed by atoms with Crippen molar-refractivity contribution < 1.29 is 9.47 Å². The molecule has 0 unspecified atom stereocenters. The molecule has 0 saturated heterocycles. The van der Waals surface area contributed by atoms with Crippen molar-refractivity contribution in [2.75, 3.05) is 26.3 Å². The maximum absolute atomic E-state index is 5.69. The molecule has 2 heterocycles. The fraction of sp³-hybridized carbons (Fsp3) is 0.591. The van der Waals surface area contributed by atoms with Crippen LogP contribution in [-0.4, -0.2) is 53.1 Å². The van der Waals surface area contributed by atoms with E-state index in [0.29, 0.717) is 25.8 Å². The molecule has 2 aromatic rings. The van der Waals surface area contributed by atoms with Crippen molar-refractivity contribution in [3.05, 3.63) is 35.9 Å². The summed E-state index contributed by atoms with van der Waals surface area (Å²) in [5.41, 5.74) is 1.21. The number of hydrogen-bond donors (Lipinski definition) is 2. The minimum absolute atomic E-state index is 0.520. The second kappa shape index (κ2) is 10.3. The molecule has 0 atom stereocenters. The van der Waals surface area contributed by atoms with Crippen molar-refractivity contribution in [1.29, 1.82) is 0 Å². The zero-order valence-corrected chi connectivity index (χ0v) is 17.8. The molecule has 8 heteroatoms. The van der Waals surface area contributed by atoms with Gasteiger partial charge in [0, 0.05) is 32.1 Å². The Labute approximate surface area is 178 Å². The number of aryl methyl sites for hydroxylation is 1. The summed E-state index contributed by atoms with van der Waals surface area (Å²) in [6, 6.07) is 6.68. The van der Waals surface area contributed by atoms with Crippen molar-refractivity contribution in [3.63, 3.8) is 0 Å². The highest BCUT2D eigenvalue weighted by Gasteiger charge is 2.16. The molecular formula is C22H32N6O2. The highest BCUT2D eigenvalue weighted by molar-refractivity contribution is 5.80. The Morgan fingerprint density at radius 3 is 2.87 bits per heavy atom. The van der Waals surface area contributed by atoms with E-state index in [0.717, 1.165) is 49.2 Å². The highest BCUT2D eigenvalue weighted by atomic mass is 16.6. The zero-order valence-electron chi connectivity index (χ0n) is 17.8. The Kier molecular flexibility index (Phi) is 7.05. The van der Waals surface area contributed by atoms with E-state index >= 15 is 0 Å². The number of aromatic nitrogens is 3. The third-order valence-corrected chi connectivity index (χ3v) is 5.63. The number of hydrogen-bond acceptors (Lipinski definition) is 5. The summed E-state index contributed by atoms with van der Waals surface area (Å²) in [5, 5.41) is 15.3. The monoisotopic (exact) mass is 412 g/mol. The standard InChI is InChI=1S/C22H32N6O2/c1-2-21-27-25-16-28(21)12-11-24-22(26-18-5-3-4-6-18)23-10-9-17-7-8-19-20(15-17)30-14-13-29-19/h7-8,15-16,18H,2-6,9-14H2,1H3,(H2,23,24,26). The van der Waals surface area contributed by atoms with Gasteiger partial charge in [-0.25, -0.2) is 0 Å². The fourth-order valence-corrected chi connectivity index (χ4v) is 3.99. The molecule has 162 valence electrons. The van der Waals surface area contributed by atoms with Crippen LogP contribution >= 0.6 is 0 Å². The second-order valence-electron chi connectivity index (χ2n) is 7.80. The van der Waals surface area contributed by atoms with E-state index in [9.17, 15) is 0 Å². The molecule has 2 aliphatic rings. The third-order valence-electron chi connectivity index (χ3n) is 5.63. The fourth-order valence-electron chi connectivity index (χ4n) is 3.99. The molecule has 1 aliphatic carbocycles. The van der Waals surface area contributed by atoms with Crippen LogP contribution in [0.3, 0.4) is 0 Å². The van der Waals surface area contributed by atoms with Gasteiger partial charge in [0.1, 0.15) is 25.4 Å². The largest absolute Gasteiger partial charge is 0.486 e. The van der Waals surface area contributed by atoms with Crippen LogP contribution < -0.4 is 20.1 Å². The Hall–Kier alpha value is -2.77. The van der Waals surface area contributed by atoms with Crippen LogP contribution in [0.15, 0.2) is 29.5 Å². The summed E-state index contributed by atoms with van der Waals surface area (Å²) in [6.45, 7) is 5.65. The predicted molar refractivity (Wildman–Crippen MR) is 116 cm³/mol. The lowest BCUT2D eigenvalue weighted by atomic mass is 10.1. The van der Waals surface area contributed by atoms with Crippen LogP contribution in [0.2, 0.25) is 0 Å². The van der Waals surface area contributed by atoms with Crippen LogP contribution in [0.1, 0.15) is 44.0 Å². The van der Waals surface area contributed by atoms with Gasteiger partial charge in [-0.3, -0.25) is 4.99 Å². The minimum atomic E-state index is 0.520. The lowest BCUT2D eigenvalue weighted by Gasteiger charge is -2.19. The molecule has 0 bridgehead atoms. The van der Waals surface area contributed by atoms with Gasteiger partial charge in [-0.2, -0.15) is 0 Å². The number of nitrogens with one attached hydrogen (secondary N) is 2. The SMILES string of the molecule is CCc1nncn1CCNC(=NCCc1ccc2c(c1)OCCO2)NC1CCCC1. The van der Waals surface area contributed by atoms with Gasteiger partial charge in [-0.05, 0) is 37.0 Å². The van der Waals surface area contributed by atoms with Gasteiger partial charge in [-0.15, -0.1) is 10.2 Å². The lowest BCUT2D eigenvalue weighted by molar-refractivity contribution is 0.171. The Bertz CT molecular complexity index is 844. The quantitative estimate of drug-likeness (QED) is 0.511. The van der Waals surface area contributed by atoms with E-state index in [-0.39, 0.29) is 0 Å². The molecule has 4 rings (SSSR count). The average molecular weight is 413 g/mol. The Morgan fingerprint density at radius 2 is 2.03 bits per heavy atom. The van der Waals surface area contributed by atoms with Crippen molar-refractivity contribution in [2.24, 2.45) is 4.99 Å². The maximum Gasteiger partial charge on any atom is 0.191 e. The molecule has 30 heavy (non-hydrogen) atoms. The number of ether oxygens (including phenoxy) is 2. The number of aliphatic imine (C=N–C) groups is 1. The maximum atomic E-state index is 5.69. The van der Waals surface area contributed by atoms with Crippen LogP contribution in [-0.2, 0) is 19.4 Å². The first-order chi connectivity index (χ1) is 14.8. The number of nitrogens with zero attached hydrogens (tertiary/aromatic N) is 4. The summed E-state index contributed by atoms with van der Waals surface area (Å²) in [6.07, 6.45) is 8.56. The van der Waals surface area contributed by atoms with Gasteiger partial charge in [0.05, 0.1) is 0 Å². The van der Waals surface area contributed by atoms with E-state index in [4.69, 9.17) is 14.5 Å². The van der Waals surface area contributed by atoms with E-state index in [1.54, 1.807) is 6.33 Å². The number of benzene rings is 1. The van der Waals surface area contributed by atoms with Crippen LogP contribution in [0, 0.1) is 0 Å². The van der Waals surface area contributed by atoms with E-state index in [1.165, 1.54) is 31.2 Å². The summed E-state index contributed by atoms with van der Waals surface area (Å²) < 4.78 is 13.4. The van der Waals surface area contributed by atoms with E-state index in [1.807, 2.05) is 6.07 Å². The Morgan fingerprint density at radius 1 is 1.20 bits per heavy atom. The van der Waals surface area contributed by atoms with Gasteiger partial charge in [0.2, 0.25) is 0 Å². The summed E-state index contributed by atoms with van der Waals surface area (Å²) >= 11 is 0. The van der Waals surface area contributed by atoms with Gasteiger partial charge in [0.25, 0.3) is 0 Å². The first-order valence-electron chi connectivity index (χ1n) is 11.1. The topological polar surface area (TPSA) is 85.6 Å². The van der Waals surface area contributed by atoms with Crippen molar-refractivity contribution >= 4 is 5.96 Å². The van der Waals surface area contributed by atoms with Crippen LogP contribution in [0.25, 0.3) is 0 Å². The Balaban J connectivity index is 1.33. The molecule has 1 aromatic heterocycles. The highest BCUT2D eigenvalue weighted by Crippen LogP contribution is 2.30. The second-order valence-corrected chi connectivity index (χ2v) is 7.80. The van der Waals surface area contributed by atoms with Crippen molar-refractivity contribution in [1.82, 2.24) is 25.4 Å². The molecule has 0 radical (unpaired) electrons. The van der Waals surface area contributed by atoms with Crippen LogP contribution in [0.5, 0.6) is 11.5 Å². The number of fused-ring (bicyclic) bond motifs is 1. The first-order valence-corrected chi connectivity index (χ1v) is 11.1. The predicted octanol–water partition coefficient (Wildman–Crippen LogP) is 2.33. The molecule has 1 fully saturated rings. The third kappa shape index (κ3) is 5.43. The molecular weight excluding hydrogens is 380 g/mol. The summed E-state index contributed by atoms with van der Waals surface area (Å²) in [7, 11) is 0. The lowest BCUT2D eigenvalue weighted by Crippen LogP contribution is -2.43. The molecule has 2 N–H and O–H groups in total. The van der Waals surface area contributed by atoms with Crippen molar-refractivity contribution in [3.8, 4) is 11.5 Å². The van der Waals surface area contributed by atoms with E-state index < -0.39 is 0 Å². The first kappa shape index (κ1) is 20.5. The van der Waals surface area contributed by atoms with Gasteiger partial charge in [0.15, 0.2) is 17.5 Å².